The predicted molar refractivity (Wildman–Crippen MR) is 76.5 cm³/mol. The van der Waals surface area contributed by atoms with E-state index in [4.69, 9.17) is 9.47 Å². The molecule has 2 aromatic rings. The fourth-order valence-corrected chi connectivity index (χ4v) is 1.73. The Hall–Kier alpha value is -1.48. The van der Waals surface area contributed by atoms with Gasteiger partial charge in [0.2, 0.25) is 0 Å². The van der Waals surface area contributed by atoms with Crippen LogP contribution in [0.5, 0.6) is 11.5 Å². The first-order valence-electron chi connectivity index (χ1n) is 5.84. The van der Waals surface area contributed by atoms with Crippen LogP contribution < -0.4 is 9.47 Å². The largest absolute Gasteiger partial charge is 0.489 e. The Morgan fingerprint density at radius 2 is 1.39 bits per heavy atom. The number of benzene rings is 2. The molecule has 0 aliphatic carbocycles. The topological polar surface area (TPSA) is 18.5 Å². The summed E-state index contributed by atoms with van der Waals surface area (Å²) in [5, 5.41) is 0.806. The molecule has 0 saturated heterocycles. The smallest absolute Gasteiger partial charge is 0.161 e. The Labute approximate surface area is 116 Å². The lowest BCUT2D eigenvalue weighted by Gasteiger charge is -2.11. The molecule has 18 heavy (non-hydrogen) atoms. The van der Waals surface area contributed by atoms with E-state index in [9.17, 15) is 0 Å². The standard InChI is InChI=1S/C15H15BrO2/c16-10-11-17-14-8-4-5-9-15(14)18-12-13-6-2-1-3-7-13/h1-9H,10-12H2. The molecule has 0 unspecified atom stereocenters. The molecule has 0 fully saturated rings. The third-order valence-electron chi connectivity index (χ3n) is 2.42. The van der Waals surface area contributed by atoms with Crippen molar-refractivity contribution < 1.29 is 9.47 Å². The van der Waals surface area contributed by atoms with Crippen LogP contribution in [-0.2, 0) is 6.61 Å². The average Bonchev–Trinajstić information content (AvgIpc) is 2.45. The summed E-state index contributed by atoms with van der Waals surface area (Å²) in [7, 11) is 0. The molecule has 0 saturated carbocycles. The fourth-order valence-electron chi connectivity index (χ4n) is 1.57. The van der Waals surface area contributed by atoms with Gasteiger partial charge in [-0.05, 0) is 17.7 Å². The molecule has 0 atom stereocenters. The number of halogens is 1. The Morgan fingerprint density at radius 3 is 2.06 bits per heavy atom. The number of rotatable bonds is 6. The van der Waals surface area contributed by atoms with E-state index in [1.54, 1.807) is 0 Å². The first kappa shape index (κ1) is 13.0. The van der Waals surface area contributed by atoms with Crippen LogP contribution in [0.3, 0.4) is 0 Å². The van der Waals surface area contributed by atoms with Gasteiger partial charge in [0, 0.05) is 5.33 Å². The molecule has 0 bridgehead atoms. The SMILES string of the molecule is BrCCOc1ccccc1OCc1ccccc1. The van der Waals surface area contributed by atoms with Gasteiger partial charge < -0.3 is 9.47 Å². The maximum atomic E-state index is 5.78. The molecular weight excluding hydrogens is 292 g/mol. The molecule has 0 aliphatic rings. The molecule has 0 heterocycles. The molecule has 0 radical (unpaired) electrons. The summed E-state index contributed by atoms with van der Waals surface area (Å²) < 4.78 is 11.4. The molecule has 0 aromatic heterocycles. The molecule has 0 N–H and O–H groups in total. The maximum absolute atomic E-state index is 5.78. The van der Waals surface area contributed by atoms with Gasteiger partial charge in [0.05, 0.1) is 6.61 Å². The van der Waals surface area contributed by atoms with Crippen LogP contribution in [0.1, 0.15) is 5.56 Å². The van der Waals surface area contributed by atoms with Crippen LogP contribution in [0.4, 0.5) is 0 Å². The Bertz CT molecular complexity index is 471. The Balaban J connectivity index is 2.00. The van der Waals surface area contributed by atoms with E-state index in [-0.39, 0.29) is 0 Å². The van der Waals surface area contributed by atoms with Crippen molar-refractivity contribution in [2.75, 3.05) is 11.9 Å². The third-order valence-corrected chi connectivity index (χ3v) is 2.74. The van der Waals surface area contributed by atoms with Crippen LogP contribution >= 0.6 is 15.9 Å². The number of hydrogen-bond donors (Lipinski definition) is 0. The Morgan fingerprint density at radius 1 is 0.778 bits per heavy atom. The summed E-state index contributed by atoms with van der Waals surface area (Å²) in [5.41, 5.74) is 1.15. The first-order chi connectivity index (χ1) is 8.90. The number of ether oxygens (including phenoxy) is 2. The second-order valence-corrected chi connectivity index (χ2v) is 4.55. The summed E-state index contributed by atoms with van der Waals surface area (Å²) in [6.45, 7) is 1.18. The fraction of sp³-hybridized carbons (Fsp3) is 0.200. The minimum Gasteiger partial charge on any atom is -0.489 e. The van der Waals surface area contributed by atoms with Crippen LogP contribution in [0.25, 0.3) is 0 Å². The van der Waals surface area contributed by atoms with Gasteiger partial charge in [0.15, 0.2) is 11.5 Å². The van der Waals surface area contributed by atoms with E-state index < -0.39 is 0 Å². The highest BCUT2D eigenvalue weighted by Gasteiger charge is 2.03. The van der Waals surface area contributed by atoms with E-state index in [1.165, 1.54) is 0 Å². The molecule has 3 heteroatoms. The zero-order valence-corrected chi connectivity index (χ0v) is 11.6. The van der Waals surface area contributed by atoms with E-state index in [0.29, 0.717) is 13.2 Å². The highest BCUT2D eigenvalue weighted by atomic mass is 79.9. The Kier molecular flexibility index (Phi) is 5.09. The molecular formula is C15H15BrO2. The summed E-state index contributed by atoms with van der Waals surface area (Å²) in [6.07, 6.45) is 0. The second-order valence-electron chi connectivity index (χ2n) is 3.76. The number of alkyl halides is 1. The highest BCUT2D eigenvalue weighted by molar-refractivity contribution is 9.09. The molecule has 2 nitrogen and oxygen atoms in total. The van der Waals surface area contributed by atoms with E-state index >= 15 is 0 Å². The molecule has 2 rings (SSSR count). The average molecular weight is 307 g/mol. The lowest BCUT2D eigenvalue weighted by Crippen LogP contribution is -2.01. The number of para-hydroxylation sites is 2. The monoisotopic (exact) mass is 306 g/mol. The van der Waals surface area contributed by atoms with Crippen molar-refractivity contribution in [3.8, 4) is 11.5 Å². The normalized spacial score (nSPS) is 10.1. The van der Waals surface area contributed by atoms with E-state index in [0.717, 1.165) is 22.4 Å². The van der Waals surface area contributed by atoms with Crippen LogP contribution in [0, 0.1) is 0 Å². The van der Waals surface area contributed by atoms with Gasteiger partial charge in [-0.2, -0.15) is 0 Å². The quantitative estimate of drug-likeness (QED) is 0.750. The lowest BCUT2D eigenvalue weighted by atomic mass is 10.2. The lowest BCUT2D eigenvalue weighted by molar-refractivity contribution is 0.271. The second kappa shape index (κ2) is 7.07. The maximum Gasteiger partial charge on any atom is 0.161 e. The van der Waals surface area contributed by atoms with Crippen molar-refractivity contribution >= 4 is 15.9 Å². The molecule has 2 aromatic carbocycles. The van der Waals surface area contributed by atoms with Crippen molar-refractivity contribution in [2.45, 2.75) is 6.61 Å². The van der Waals surface area contributed by atoms with Crippen LogP contribution in [0.2, 0.25) is 0 Å². The molecule has 0 aliphatic heterocycles. The van der Waals surface area contributed by atoms with Gasteiger partial charge in [-0.3, -0.25) is 0 Å². The van der Waals surface area contributed by atoms with E-state index in [1.807, 2.05) is 54.6 Å². The van der Waals surface area contributed by atoms with Crippen LogP contribution in [-0.4, -0.2) is 11.9 Å². The summed E-state index contributed by atoms with van der Waals surface area (Å²) in [4.78, 5) is 0. The van der Waals surface area contributed by atoms with Gasteiger partial charge in [-0.1, -0.05) is 58.4 Å². The highest BCUT2D eigenvalue weighted by Crippen LogP contribution is 2.27. The summed E-state index contributed by atoms with van der Waals surface area (Å²) >= 11 is 3.34. The van der Waals surface area contributed by atoms with Gasteiger partial charge in [-0.15, -0.1) is 0 Å². The van der Waals surface area contributed by atoms with Crippen molar-refractivity contribution in [1.82, 2.24) is 0 Å². The van der Waals surface area contributed by atoms with Crippen molar-refractivity contribution in [1.29, 1.82) is 0 Å². The summed E-state index contributed by atoms with van der Waals surface area (Å²) in [6, 6.07) is 17.8. The van der Waals surface area contributed by atoms with Crippen molar-refractivity contribution in [2.24, 2.45) is 0 Å². The van der Waals surface area contributed by atoms with Gasteiger partial charge in [0.25, 0.3) is 0 Å². The zero-order chi connectivity index (χ0) is 12.6. The minimum atomic E-state index is 0.551. The predicted octanol–water partition coefficient (Wildman–Crippen LogP) is 4.04. The third kappa shape index (κ3) is 3.77. The van der Waals surface area contributed by atoms with Gasteiger partial charge >= 0.3 is 0 Å². The number of hydrogen-bond acceptors (Lipinski definition) is 2. The van der Waals surface area contributed by atoms with Crippen molar-refractivity contribution in [3.05, 3.63) is 60.2 Å². The molecule has 94 valence electrons. The van der Waals surface area contributed by atoms with Crippen LogP contribution in [0.15, 0.2) is 54.6 Å². The first-order valence-corrected chi connectivity index (χ1v) is 6.97. The van der Waals surface area contributed by atoms with Gasteiger partial charge in [0.1, 0.15) is 6.61 Å². The molecule has 0 spiro atoms. The minimum absolute atomic E-state index is 0.551. The van der Waals surface area contributed by atoms with Gasteiger partial charge in [-0.25, -0.2) is 0 Å². The zero-order valence-electron chi connectivity index (χ0n) is 10.0. The van der Waals surface area contributed by atoms with E-state index in [2.05, 4.69) is 15.9 Å². The van der Waals surface area contributed by atoms with Crippen molar-refractivity contribution in [3.63, 3.8) is 0 Å². The summed E-state index contributed by atoms with van der Waals surface area (Å²) in [5.74, 6) is 1.56. The molecule has 0 amide bonds.